The van der Waals surface area contributed by atoms with Crippen LogP contribution in [-0.2, 0) is 17.3 Å². The molecule has 3 aromatic rings. The van der Waals surface area contributed by atoms with Gasteiger partial charge >= 0.3 is 6.18 Å². The summed E-state index contributed by atoms with van der Waals surface area (Å²) in [6, 6.07) is 11.2. The van der Waals surface area contributed by atoms with Crippen LogP contribution in [0.15, 0.2) is 53.4 Å². The molecule has 0 saturated carbocycles. The van der Waals surface area contributed by atoms with E-state index < -0.39 is 34.3 Å². The molecule has 3 rings (SSSR count). The first-order chi connectivity index (χ1) is 12.7. The van der Waals surface area contributed by atoms with Crippen molar-refractivity contribution in [3.63, 3.8) is 0 Å². The van der Waals surface area contributed by atoms with Crippen molar-refractivity contribution in [2.45, 2.75) is 11.1 Å². The number of rotatable bonds is 3. The zero-order valence-electron chi connectivity index (χ0n) is 13.2. The lowest BCUT2D eigenvalue weighted by atomic mass is 10.1. The molecule has 1 N–H and O–H groups in total. The van der Waals surface area contributed by atoms with Crippen molar-refractivity contribution in [1.82, 2.24) is 9.78 Å². The van der Waals surface area contributed by atoms with Crippen LogP contribution in [0.25, 0.3) is 16.9 Å². The van der Waals surface area contributed by atoms with Gasteiger partial charge in [0.2, 0.25) is 0 Å². The van der Waals surface area contributed by atoms with Gasteiger partial charge in [0.05, 0.1) is 16.3 Å². The first-order valence-corrected chi connectivity index (χ1v) is 8.40. The lowest BCUT2D eigenvalue weighted by Crippen LogP contribution is -2.08. The van der Waals surface area contributed by atoms with Crippen molar-refractivity contribution in [1.29, 1.82) is 5.26 Å². The van der Waals surface area contributed by atoms with Gasteiger partial charge in [-0.15, -0.1) is 0 Å². The third-order valence-electron chi connectivity index (χ3n) is 3.67. The van der Waals surface area contributed by atoms with Gasteiger partial charge in [0, 0.05) is 5.56 Å². The number of hydrogen-bond donors (Lipinski definition) is 1. The molecule has 0 bridgehead atoms. The van der Waals surface area contributed by atoms with Crippen molar-refractivity contribution < 1.29 is 26.3 Å². The maximum absolute atomic E-state index is 13.3. The molecule has 5 nitrogen and oxygen atoms in total. The van der Waals surface area contributed by atoms with E-state index in [1.54, 1.807) is 0 Å². The molecule has 2 aromatic carbocycles. The fourth-order valence-electron chi connectivity index (χ4n) is 2.49. The zero-order chi connectivity index (χ0) is 19.8. The zero-order valence-corrected chi connectivity index (χ0v) is 14.1. The van der Waals surface area contributed by atoms with Crippen molar-refractivity contribution >= 4 is 11.1 Å². The summed E-state index contributed by atoms with van der Waals surface area (Å²) in [6.07, 6.45) is -4.88. The fraction of sp³-hybridized carbons (Fsp3) is 0.0588. The minimum Gasteiger partial charge on any atom is -0.302 e. The van der Waals surface area contributed by atoms with Crippen LogP contribution in [0.1, 0.15) is 11.3 Å². The quantitative estimate of drug-likeness (QED) is 0.534. The van der Waals surface area contributed by atoms with Crippen LogP contribution >= 0.6 is 0 Å². The molecular formula is C17H9F4N3O2S. The number of alkyl halides is 3. The summed E-state index contributed by atoms with van der Waals surface area (Å²) < 4.78 is 74.2. The molecule has 0 aliphatic rings. The Bertz CT molecular complexity index is 1050. The molecule has 0 amide bonds. The number of benzene rings is 2. The van der Waals surface area contributed by atoms with Crippen LogP contribution in [0, 0.1) is 17.1 Å². The van der Waals surface area contributed by atoms with Gasteiger partial charge in [-0.3, -0.25) is 0 Å². The molecule has 0 saturated heterocycles. The Morgan fingerprint density at radius 1 is 1.07 bits per heavy atom. The second-order valence-corrected chi connectivity index (χ2v) is 6.31. The monoisotopic (exact) mass is 395 g/mol. The van der Waals surface area contributed by atoms with E-state index in [9.17, 15) is 27.0 Å². The number of nitriles is 1. The highest BCUT2D eigenvalue weighted by atomic mass is 32.2. The molecule has 1 atom stereocenters. The lowest BCUT2D eigenvalue weighted by Gasteiger charge is -2.08. The van der Waals surface area contributed by atoms with Crippen LogP contribution in [0.2, 0.25) is 0 Å². The smallest absolute Gasteiger partial charge is 0.302 e. The van der Waals surface area contributed by atoms with Gasteiger partial charge in [-0.2, -0.15) is 23.5 Å². The summed E-state index contributed by atoms with van der Waals surface area (Å²) in [5, 5.41) is 12.8. The highest BCUT2D eigenvalue weighted by Crippen LogP contribution is 2.37. The molecule has 0 fully saturated rings. The predicted octanol–water partition coefficient (Wildman–Crippen LogP) is 4.15. The first-order valence-electron chi connectivity index (χ1n) is 7.30. The van der Waals surface area contributed by atoms with Crippen LogP contribution in [-0.4, -0.2) is 18.5 Å². The van der Waals surface area contributed by atoms with Gasteiger partial charge in [0.25, 0.3) is 0 Å². The number of nitrogens with zero attached hydrogens (tertiary/aromatic N) is 3. The molecule has 0 radical (unpaired) electrons. The molecular weight excluding hydrogens is 386 g/mol. The summed E-state index contributed by atoms with van der Waals surface area (Å²) in [7, 11) is 0. The Balaban J connectivity index is 2.29. The molecule has 1 heterocycles. The Kier molecular flexibility index (Phi) is 4.82. The summed E-state index contributed by atoms with van der Waals surface area (Å²) in [5.74, 6) is -0.589. The largest absolute Gasteiger partial charge is 0.436 e. The summed E-state index contributed by atoms with van der Waals surface area (Å²) in [4.78, 5) is 0.0470. The van der Waals surface area contributed by atoms with E-state index in [0.717, 1.165) is 16.8 Å². The van der Waals surface area contributed by atoms with E-state index in [0.29, 0.717) is 0 Å². The van der Waals surface area contributed by atoms with Gasteiger partial charge in [-0.1, -0.05) is 0 Å². The van der Waals surface area contributed by atoms with E-state index in [2.05, 4.69) is 5.10 Å². The van der Waals surface area contributed by atoms with Gasteiger partial charge in [0.1, 0.15) is 17.4 Å². The molecule has 1 unspecified atom stereocenters. The van der Waals surface area contributed by atoms with Gasteiger partial charge in [0.15, 0.2) is 16.8 Å². The second kappa shape index (κ2) is 6.94. The number of aromatic nitrogens is 2. The molecule has 138 valence electrons. The summed E-state index contributed by atoms with van der Waals surface area (Å²) in [6.45, 7) is 0. The second-order valence-electron chi connectivity index (χ2n) is 5.34. The van der Waals surface area contributed by atoms with Crippen molar-refractivity contribution in [2.75, 3.05) is 0 Å². The number of hydrogen-bond acceptors (Lipinski definition) is 3. The molecule has 10 heteroatoms. The third-order valence-corrected chi connectivity index (χ3v) is 4.34. The average Bonchev–Trinajstić information content (AvgIpc) is 3.02. The van der Waals surface area contributed by atoms with Crippen LogP contribution in [0.3, 0.4) is 0 Å². The van der Waals surface area contributed by atoms with E-state index in [1.807, 2.05) is 0 Å². The van der Waals surface area contributed by atoms with Crippen molar-refractivity contribution in [2.24, 2.45) is 0 Å². The van der Waals surface area contributed by atoms with E-state index in [1.165, 1.54) is 42.5 Å². The first kappa shape index (κ1) is 18.8. The van der Waals surface area contributed by atoms with Crippen LogP contribution < -0.4 is 0 Å². The maximum atomic E-state index is 13.3. The maximum Gasteiger partial charge on any atom is 0.436 e. The molecule has 1 aromatic heterocycles. The fourth-order valence-corrected chi connectivity index (χ4v) is 2.86. The Labute approximate surface area is 152 Å². The summed E-state index contributed by atoms with van der Waals surface area (Å²) >= 11 is -2.26. The van der Waals surface area contributed by atoms with Gasteiger partial charge < -0.3 is 4.55 Å². The van der Waals surface area contributed by atoms with Crippen molar-refractivity contribution in [3.8, 4) is 23.0 Å². The van der Waals surface area contributed by atoms with E-state index in [4.69, 9.17) is 4.55 Å². The average molecular weight is 395 g/mol. The highest BCUT2D eigenvalue weighted by molar-refractivity contribution is 7.79. The highest BCUT2D eigenvalue weighted by Gasteiger charge is 2.40. The van der Waals surface area contributed by atoms with Crippen LogP contribution in [0.5, 0.6) is 0 Å². The third kappa shape index (κ3) is 3.60. The number of halogens is 4. The van der Waals surface area contributed by atoms with Gasteiger partial charge in [-0.05, 0) is 48.5 Å². The molecule has 27 heavy (non-hydrogen) atoms. The van der Waals surface area contributed by atoms with E-state index >= 15 is 0 Å². The van der Waals surface area contributed by atoms with Gasteiger partial charge in [-0.25, -0.2) is 13.3 Å². The minimum absolute atomic E-state index is 0.0470. The SMILES string of the molecule is N#Cc1c(C(F)(F)F)nn(-c2ccc(S(=O)O)cc2)c1-c1ccc(F)cc1. The Hall–Kier alpha value is -3.03. The molecule has 0 aliphatic heterocycles. The molecule has 0 spiro atoms. The molecule has 0 aliphatic carbocycles. The van der Waals surface area contributed by atoms with Crippen LogP contribution in [0.4, 0.5) is 17.6 Å². The predicted molar refractivity (Wildman–Crippen MR) is 87.7 cm³/mol. The topological polar surface area (TPSA) is 78.9 Å². The lowest BCUT2D eigenvalue weighted by molar-refractivity contribution is -0.141. The minimum atomic E-state index is -4.88. The van der Waals surface area contributed by atoms with Crippen molar-refractivity contribution in [3.05, 3.63) is 65.6 Å². The summed E-state index contributed by atoms with van der Waals surface area (Å²) in [5.41, 5.74) is -1.95. The standard InChI is InChI=1S/C17H9F4N3O2S/c18-11-3-1-10(2-4-11)15-14(9-22)16(17(19,20)21)23-24(15)12-5-7-13(8-6-12)27(25)26/h1-8H,(H,25,26). The Morgan fingerprint density at radius 3 is 2.15 bits per heavy atom. The Morgan fingerprint density at radius 2 is 1.67 bits per heavy atom. The van der Waals surface area contributed by atoms with E-state index in [-0.39, 0.29) is 21.8 Å². The normalized spacial score (nSPS) is 12.6.